The second kappa shape index (κ2) is 8.57. The third-order valence-corrected chi connectivity index (χ3v) is 11.1. The Kier molecular flexibility index (Phi) is 6.10. The highest BCUT2D eigenvalue weighted by atomic mass is 32.2. The number of hydrogen-bond donors (Lipinski definition) is 2. The molecule has 0 spiro atoms. The van der Waals surface area contributed by atoms with Crippen LogP contribution in [-0.4, -0.2) is 28.6 Å². The number of carbonyl (C=O) groups excluding carboxylic acids is 2. The number of nitrogens with one attached hydrogen (secondary N) is 2. The second-order valence-corrected chi connectivity index (χ2v) is 14.3. The molecule has 3 saturated carbocycles. The molecule has 5 rings (SSSR count). The predicted molar refractivity (Wildman–Crippen MR) is 138 cm³/mol. The van der Waals surface area contributed by atoms with E-state index in [4.69, 9.17) is 0 Å². The normalized spacial score (nSPS) is 41.6. The van der Waals surface area contributed by atoms with E-state index in [0.29, 0.717) is 23.8 Å². The summed E-state index contributed by atoms with van der Waals surface area (Å²) in [6.07, 6.45) is 7.75. The van der Waals surface area contributed by atoms with Crippen LogP contribution in [0.25, 0.3) is 0 Å². The first kappa shape index (κ1) is 24.2. The van der Waals surface area contributed by atoms with Gasteiger partial charge in [0.25, 0.3) is 0 Å². The topological polar surface area (TPSA) is 58.2 Å². The summed E-state index contributed by atoms with van der Waals surface area (Å²) >= 11 is 1.73. The molecule has 186 valence electrons. The minimum Gasteiger partial charge on any atom is -0.352 e. The van der Waals surface area contributed by atoms with Gasteiger partial charge < -0.3 is 10.6 Å². The van der Waals surface area contributed by atoms with Crippen molar-refractivity contribution in [1.29, 1.82) is 0 Å². The number of benzene rings is 1. The van der Waals surface area contributed by atoms with Crippen LogP contribution in [0.3, 0.4) is 0 Å². The zero-order valence-corrected chi connectivity index (χ0v) is 22.3. The van der Waals surface area contributed by atoms with Crippen molar-refractivity contribution in [3.8, 4) is 0 Å². The lowest BCUT2D eigenvalue weighted by atomic mass is 9.47. The predicted octanol–water partition coefficient (Wildman–Crippen LogP) is 5.81. The van der Waals surface area contributed by atoms with Gasteiger partial charge in [0, 0.05) is 22.4 Å². The lowest BCUT2D eigenvalue weighted by Gasteiger charge is -2.60. The molecule has 1 unspecified atom stereocenters. The van der Waals surface area contributed by atoms with Crippen LogP contribution in [-0.2, 0) is 9.59 Å². The lowest BCUT2D eigenvalue weighted by Crippen LogP contribution is -2.64. The van der Waals surface area contributed by atoms with Gasteiger partial charge in [-0.25, -0.2) is 0 Å². The first-order valence-corrected chi connectivity index (χ1v) is 14.2. The first-order valence-electron chi connectivity index (χ1n) is 13.4. The highest BCUT2D eigenvalue weighted by molar-refractivity contribution is 8.00. The fraction of sp³-hybridized carbons (Fsp3) is 0.724. The van der Waals surface area contributed by atoms with Gasteiger partial charge in [-0.3, -0.25) is 9.59 Å². The molecule has 5 heteroatoms. The van der Waals surface area contributed by atoms with Crippen molar-refractivity contribution in [2.24, 2.45) is 34.5 Å². The van der Waals surface area contributed by atoms with E-state index in [-0.39, 0.29) is 39.4 Å². The van der Waals surface area contributed by atoms with Crippen LogP contribution in [0.4, 0.5) is 0 Å². The average molecular weight is 483 g/mol. The van der Waals surface area contributed by atoms with Crippen LogP contribution >= 0.6 is 11.8 Å². The van der Waals surface area contributed by atoms with Gasteiger partial charge in [-0.1, -0.05) is 32.0 Å². The average Bonchev–Trinajstić information content (AvgIpc) is 3.12. The van der Waals surface area contributed by atoms with Crippen molar-refractivity contribution in [2.45, 2.75) is 101 Å². The summed E-state index contributed by atoms with van der Waals surface area (Å²) in [7, 11) is 0. The maximum Gasteiger partial charge on any atom is 0.233 e. The first-order chi connectivity index (χ1) is 16.0. The Morgan fingerprint density at radius 3 is 2.41 bits per heavy atom. The second-order valence-electron chi connectivity index (χ2n) is 13.1. The molecule has 1 heterocycles. The molecular formula is C29H42N2O2S. The summed E-state index contributed by atoms with van der Waals surface area (Å²) in [5, 5.41) is 6.73. The molecule has 1 aromatic carbocycles. The Labute approximate surface area is 209 Å². The molecule has 2 amide bonds. The Morgan fingerprint density at radius 1 is 1.00 bits per heavy atom. The fourth-order valence-electron chi connectivity index (χ4n) is 8.39. The fourth-order valence-corrected chi connectivity index (χ4v) is 9.65. The van der Waals surface area contributed by atoms with E-state index >= 15 is 0 Å². The summed E-state index contributed by atoms with van der Waals surface area (Å²) in [6.45, 7) is 11.1. The molecule has 0 bridgehead atoms. The highest BCUT2D eigenvalue weighted by Gasteiger charge is 2.62. The molecular weight excluding hydrogens is 440 g/mol. The van der Waals surface area contributed by atoms with Crippen LogP contribution in [0.15, 0.2) is 35.2 Å². The van der Waals surface area contributed by atoms with Crippen LogP contribution < -0.4 is 10.6 Å². The van der Waals surface area contributed by atoms with E-state index < -0.39 is 0 Å². The van der Waals surface area contributed by atoms with Crippen molar-refractivity contribution < 1.29 is 9.59 Å². The molecule has 1 saturated heterocycles. The SMILES string of the molecule is CC(C)(C)NC(=O)[C@H]1CC[C@H]2[C@@H]3CC[C@H]4NC(=O)C(Sc5ccccc5)C[C@]4(C)[C@H]3CC[C@]12C. The number of fused-ring (bicyclic) bond motifs is 5. The smallest absolute Gasteiger partial charge is 0.233 e. The van der Waals surface area contributed by atoms with Crippen molar-refractivity contribution >= 4 is 23.6 Å². The number of rotatable bonds is 3. The van der Waals surface area contributed by atoms with Gasteiger partial charge in [0.2, 0.25) is 11.8 Å². The van der Waals surface area contributed by atoms with E-state index in [2.05, 4.69) is 69.5 Å². The summed E-state index contributed by atoms with van der Waals surface area (Å²) in [5.74, 6) is 2.54. The molecule has 2 N–H and O–H groups in total. The van der Waals surface area contributed by atoms with Gasteiger partial charge in [-0.15, -0.1) is 11.8 Å². The quantitative estimate of drug-likeness (QED) is 0.572. The maximum atomic E-state index is 13.3. The largest absolute Gasteiger partial charge is 0.352 e. The van der Waals surface area contributed by atoms with Gasteiger partial charge in [0.05, 0.1) is 5.25 Å². The van der Waals surface area contributed by atoms with Crippen molar-refractivity contribution in [3.05, 3.63) is 30.3 Å². The Morgan fingerprint density at radius 2 is 1.71 bits per heavy atom. The summed E-state index contributed by atoms with van der Waals surface area (Å²) in [4.78, 5) is 27.5. The summed E-state index contributed by atoms with van der Waals surface area (Å²) in [5.41, 5.74) is 0.0617. The number of amides is 2. The van der Waals surface area contributed by atoms with Gasteiger partial charge in [-0.2, -0.15) is 0 Å². The lowest BCUT2D eigenvalue weighted by molar-refractivity contribution is -0.141. The number of piperidine rings is 1. The van der Waals surface area contributed by atoms with Gasteiger partial charge in [-0.05, 0) is 106 Å². The van der Waals surface area contributed by atoms with E-state index in [0.717, 1.165) is 25.7 Å². The van der Waals surface area contributed by atoms with Gasteiger partial charge in [0.15, 0.2) is 0 Å². The standard InChI is InChI=1S/C29H42N2O2S/c1-27(2,3)31-25(32)22-13-12-20-19-11-14-24-29(5,21(19)15-16-28(20,22)4)17-23(26(33)30-24)34-18-9-7-6-8-10-18/h6-10,19-24H,11-17H2,1-5H3,(H,30,33)(H,31,32)/t19-,20-,21-,22+,23?,24+,28-,29+/m0/s1. The number of thioether (sulfide) groups is 1. The van der Waals surface area contributed by atoms with E-state index in [1.807, 2.05) is 6.07 Å². The van der Waals surface area contributed by atoms with E-state index in [9.17, 15) is 9.59 Å². The molecule has 34 heavy (non-hydrogen) atoms. The zero-order chi connectivity index (χ0) is 24.3. The Bertz CT molecular complexity index is 943. The Hall–Kier alpha value is -1.49. The molecule has 0 radical (unpaired) electrons. The monoisotopic (exact) mass is 482 g/mol. The molecule has 8 atom stereocenters. The third-order valence-electron chi connectivity index (χ3n) is 9.94. The minimum atomic E-state index is -0.181. The minimum absolute atomic E-state index is 0.0235. The van der Waals surface area contributed by atoms with Crippen LogP contribution in [0.2, 0.25) is 0 Å². The third kappa shape index (κ3) is 4.10. The number of carbonyl (C=O) groups is 2. The highest BCUT2D eigenvalue weighted by Crippen LogP contribution is 2.66. The maximum absolute atomic E-state index is 13.3. The van der Waals surface area contributed by atoms with Gasteiger partial charge >= 0.3 is 0 Å². The van der Waals surface area contributed by atoms with Gasteiger partial charge in [0.1, 0.15) is 0 Å². The molecule has 4 nitrogen and oxygen atoms in total. The van der Waals surface area contributed by atoms with Crippen molar-refractivity contribution in [3.63, 3.8) is 0 Å². The number of hydrogen-bond acceptors (Lipinski definition) is 3. The summed E-state index contributed by atoms with van der Waals surface area (Å²) in [6, 6.07) is 10.7. The van der Waals surface area contributed by atoms with Crippen molar-refractivity contribution in [1.82, 2.24) is 10.6 Å². The summed E-state index contributed by atoms with van der Waals surface area (Å²) < 4.78 is 0. The van der Waals surface area contributed by atoms with Crippen LogP contribution in [0.5, 0.6) is 0 Å². The zero-order valence-electron chi connectivity index (χ0n) is 21.5. The molecule has 4 aliphatic rings. The van der Waals surface area contributed by atoms with E-state index in [1.54, 1.807) is 11.8 Å². The molecule has 4 fully saturated rings. The molecule has 1 aliphatic heterocycles. The van der Waals surface area contributed by atoms with E-state index in [1.165, 1.54) is 24.2 Å². The molecule has 1 aromatic rings. The Balaban J connectivity index is 1.36. The molecule has 3 aliphatic carbocycles. The van der Waals surface area contributed by atoms with Crippen LogP contribution in [0, 0.1) is 34.5 Å². The molecule has 0 aromatic heterocycles. The van der Waals surface area contributed by atoms with Crippen LogP contribution in [0.1, 0.15) is 79.6 Å². The van der Waals surface area contributed by atoms with Crippen molar-refractivity contribution in [2.75, 3.05) is 0 Å².